The van der Waals surface area contributed by atoms with Crippen molar-refractivity contribution in [2.24, 2.45) is 5.14 Å². The highest BCUT2D eigenvalue weighted by atomic mass is 32.2. The average molecular weight is 374 g/mol. The number of nitrogens with two attached hydrogens (primary N) is 1. The highest BCUT2D eigenvalue weighted by Gasteiger charge is 2.33. The highest BCUT2D eigenvalue weighted by molar-refractivity contribution is 7.89. The van der Waals surface area contributed by atoms with Crippen LogP contribution < -0.4 is 5.14 Å². The van der Waals surface area contributed by atoms with Gasteiger partial charge in [0.15, 0.2) is 0 Å². The maximum absolute atomic E-state index is 14.1. The Morgan fingerprint density at radius 3 is 2.50 bits per heavy atom. The van der Waals surface area contributed by atoms with E-state index < -0.39 is 21.7 Å². The van der Waals surface area contributed by atoms with E-state index in [1.165, 1.54) is 0 Å². The fourth-order valence-corrected chi connectivity index (χ4v) is 3.19. The largest absolute Gasteiger partial charge is 0.332 e. The van der Waals surface area contributed by atoms with Crippen LogP contribution in [0.5, 0.6) is 0 Å². The van der Waals surface area contributed by atoms with Gasteiger partial charge in [0.2, 0.25) is 10.0 Å². The summed E-state index contributed by atoms with van der Waals surface area (Å²) < 4.78 is 37.1. The average Bonchev–Trinajstić information content (AvgIpc) is 3.43. The number of sulfonamides is 1. The van der Waals surface area contributed by atoms with Crippen molar-refractivity contribution in [2.45, 2.75) is 23.8 Å². The van der Waals surface area contributed by atoms with E-state index in [9.17, 15) is 17.6 Å². The van der Waals surface area contributed by atoms with E-state index in [-0.39, 0.29) is 16.5 Å². The smallest absolute Gasteiger partial charge is 0.257 e. The molecule has 1 aliphatic carbocycles. The van der Waals surface area contributed by atoms with Gasteiger partial charge in [-0.15, -0.1) is 0 Å². The number of halogens is 1. The molecule has 0 saturated heterocycles. The summed E-state index contributed by atoms with van der Waals surface area (Å²) in [4.78, 5) is 14.1. The number of amides is 1. The number of carbonyl (C=O) groups is 1. The van der Waals surface area contributed by atoms with Crippen LogP contribution in [0.15, 0.2) is 59.5 Å². The van der Waals surface area contributed by atoms with Crippen LogP contribution in [-0.4, -0.2) is 31.8 Å². The first-order valence-electron chi connectivity index (χ1n) is 8.21. The Bertz CT molecular complexity index is 939. The van der Waals surface area contributed by atoms with E-state index in [2.05, 4.69) is 0 Å². The van der Waals surface area contributed by atoms with Gasteiger partial charge in [-0.05, 0) is 36.6 Å². The minimum absolute atomic E-state index is 0.0421. The molecule has 3 rings (SSSR count). The number of hydrogen-bond acceptors (Lipinski definition) is 3. The molecule has 1 saturated carbocycles. The number of nitrogens with zero attached hydrogens (tertiary/aromatic N) is 1. The van der Waals surface area contributed by atoms with E-state index >= 15 is 0 Å². The van der Waals surface area contributed by atoms with Crippen LogP contribution in [0.4, 0.5) is 4.39 Å². The zero-order chi connectivity index (χ0) is 18.7. The van der Waals surface area contributed by atoms with Crippen LogP contribution in [0.1, 0.15) is 28.8 Å². The lowest BCUT2D eigenvalue weighted by atomic mass is 10.1. The Morgan fingerprint density at radius 2 is 1.88 bits per heavy atom. The summed E-state index contributed by atoms with van der Waals surface area (Å²) in [6, 6.07) is 12.7. The monoisotopic (exact) mass is 374 g/mol. The van der Waals surface area contributed by atoms with E-state index in [0.717, 1.165) is 36.6 Å². The predicted octanol–water partition coefficient (Wildman–Crippen LogP) is 2.79. The third kappa shape index (κ3) is 4.36. The molecule has 26 heavy (non-hydrogen) atoms. The van der Waals surface area contributed by atoms with Gasteiger partial charge in [0.1, 0.15) is 5.82 Å². The van der Waals surface area contributed by atoms with Crippen LogP contribution >= 0.6 is 0 Å². The van der Waals surface area contributed by atoms with Crippen LogP contribution in [0, 0.1) is 5.82 Å². The molecule has 0 spiro atoms. The molecule has 0 unspecified atom stereocenters. The van der Waals surface area contributed by atoms with Crippen molar-refractivity contribution in [1.82, 2.24) is 4.90 Å². The zero-order valence-corrected chi connectivity index (χ0v) is 14.8. The third-order valence-corrected chi connectivity index (χ3v) is 5.07. The Hall–Kier alpha value is -2.51. The van der Waals surface area contributed by atoms with E-state index in [0.29, 0.717) is 6.54 Å². The van der Waals surface area contributed by atoms with Gasteiger partial charge in [-0.2, -0.15) is 0 Å². The lowest BCUT2D eigenvalue weighted by Crippen LogP contribution is -2.34. The molecule has 0 aromatic heterocycles. The molecule has 0 atom stereocenters. The van der Waals surface area contributed by atoms with Crippen LogP contribution in [-0.2, 0) is 10.0 Å². The summed E-state index contributed by atoms with van der Waals surface area (Å²) in [6.07, 6.45) is 5.43. The normalized spacial score (nSPS) is 14.5. The van der Waals surface area contributed by atoms with Gasteiger partial charge in [0, 0.05) is 12.6 Å². The first-order valence-corrected chi connectivity index (χ1v) is 9.76. The standard InChI is InChI=1S/C19H19FN2O3S/c20-18-11-10-16(26(21,24)25)13-17(18)19(23)22(15-8-9-15)12-4-7-14-5-2-1-3-6-14/h1-7,10-11,13,15H,8-9,12H2,(H2,21,24,25)/b7-4+. The van der Waals surface area contributed by atoms with Crippen molar-refractivity contribution in [2.75, 3.05) is 6.54 Å². The topological polar surface area (TPSA) is 80.5 Å². The Labute approximate surface area is 152 Å². The Balaban J connectivity index is 1.82. The molecule has 136 valence electrons. The molecule has 0 heterocycles. The molecular formula is C19H19FN2O3S. The minimum atomic E-state index is -4.01. The second-order valence-corrected chi connectivity index (χ2v) is 7.75. The van der Waals surface area contributed by atoms with E-state index in [1.54, 1.807) is 4.90 Å². The second-order valence-electron chi connectivity index (χ2n) is 6.19. The molecule has 1 fully saturated rings. The van der Waals surface area contributed by atoms with Crippen LogP contribution in [0.3, 0.4) is 0 Å². The molecular weight excluding hydrogens is 355 g/mol. The van der Waals surface area contributed by atoms with Crippen LogP contribution in [0.2, 0.25) is 0 Å². The molecule has 1 amide bonds. The molecule has 5 nitrogen and oxygen atoms in total. The molecule has 2 aromatic carbocycles. The van der Waals surface area contributed by atoms with Gasteiger partial charge in [-0.1, -0.05) is 42.5 Å². The Morgan fingerprint density at radius 1 is 1.19 bits per heavy atom. The van der Waals surface area contributed by atoms with Crippen molar-refractivity contribution in [3.8, 4) is 0 Å². The molecule has 7 heteroatoms. The lowest BCUT2D eigenvalue weighted by Gasteiger charge is -2.21. The SMILES string of the molecule is NS(=O)(=O)c1ccc(F)c(C(=O)N(C/C=C/c2ccccc2)C2CC2)c1. The molecule has 0 bridgehead atoms. The van der Waals surface area contributed by atoms with Crippen molar-refractivity contribution < 1.29 is 17.6 Å². The van der Waals surface area contributed by atoms with Crippen molar-refractivity contribution in [3.05, 3.63) is 71.6 Å². The lowest BCUT2D eigenvalue weighted by molar-refractivity contribution is 0.0758. The third-order valence-electron chi connectivity index (χ3n) is 4.16. The molecule has 0 radical (unpaired) electrons. The molecule has 0 aliphatic heterocycles. The van der Waals surface area contributed by atoms with Crippen molar-refractivity contribution in [1.29, 1.82) is 0 Å². The van der Waals surface area contributed by atoms with Gasteiger partial charge < -0.3 is 4.90 Å². The first-order chi connectivity index (χ1) is 12.4. The fraction of sp³-hybridized carbons (Fsp3) is 0.211. The number of benzene rings is 2. The summed E-state index contributed by atoms with van der Waals surface area (Å²) in [6.45, 7) is 0.317. The molecule has 1 aliphatic rings. The van der Waals surface area contributed by atoms with Gasteiger partial charge in [-0.25, -0.2) is 17.9 Å². The van der Waals surface area contributed by atoms with E-state index in [1.807, 2.05) is 42.5 Å². The summed E-state index contributed by atoms with van der Waals surface area (Å²) >= 11 is 0. The van der Waals surface area contributed by atoms with Crippen LogP contribution in [0.25, 0.3) is 6.08 Å². The summed E-state index contributed by atoms with van der Waals surface area (Å²) in [5.41, 5.74) is 0.717. The van der Waals surface area contributed by atoms with Gasteiger partial charge in [0.05, 0.1) is 10.5 Å². The number of carbonyl (C=O) groups excluding carboxylic acids is 1. The molecule has 2 aromatic rings. The zero-order valence-electron chi connectivity index (χ0n) is 14.0. The summed E-state index contributed by atoms with van der Waals surface area (Å²) in [5, 5.41) is 5.08. The second kappa shape index (κ2) is 7.39. The number of primary sulfonamides is 1. The van der Waals surface area contributed by atoms with E-state index in [4.69, 9.17) is 5.14 Å². The maximum atomic E-state index is 14.1. The van der Waals surface area contributed by atoms with Crippen molar-refractivity contribution >= 4 is 22.0 Å². The quantitative estimate of drug-likeness (QED) is 0.844. The molecule has 2 N–H and O–H groups in total. The minimum Gasteiger partial charge on any atom is -0.332 e. The summed E-state index contributed by atoms with van der Waals surface area (Å²) in [5.74, 6) is -1.30. The maximum Gasteiger partial charge on any atom is 0.257 e. The predicted molar refractivity (Wildman–Crippen MR) is 97.3 cm³/mol. The fourth-order valence-electron chi connectivity index (χ4n) is 2.65. The van der Waals surface area contributed by atoms with Gasteiger partial charge in [0.25, 0.3) is 5.91 Å². The first kappa shape index (κ1) is 18.3. The van der Waals surface area contributed by atoms with Gasteiger partial charge in [-0.3, -0.25) is 4.79 Å². The number of rotatable bonds is 6. The van der Waals surface area contributed by atoms with Crippen molar-refractivity contribution in [3.63, 3.8) is 0 Å². The highest BCUT2D eigenvalue weighted by Crippen LogP contribution is 2.29. The summed E-state index contributed by atoms with van der Waals surface area (Å²) in [7, 11) is -4.01. The number of hydrogen-bond donors (Lipinski definition) is 1. The van der Waals surface area contributed by atoms with Gasteiger partial charge >= 0.3 is 0 Å². The Kier molecular flexibility index (Phi) is 5.20.